The first-order chi connectivity index (χ1) is 9.08. The van der Waals surface area contributed by atoms with Gasteiger partial charge in [-0.25, -0.2) is 4.98 Å². The quantitative estimate of drug-likeness (QED) is 0.925. The molecule has 0 saturated carbocycles. The van der Waals surface area contributed by atoms with Gasteiger partial charge in [-0.15, -0.1) is 0 Å². The van der Waals surface area contributed by atoms with Gasteiger partial charge in [0.15, 0.2) is 0 Å². The van der Waals surface area contributed by atoms with Crippen molar-refractivity contribution >= 4 is 23.2 Å². The third-order valence-electron chi connectivity index (χ3n) is 2.51. The number of nitrogens with zero attached hydrogens (tertiary/aromatic N) is 1. The fourth-order valence-corrected chi connectivity index (χ4v) is 2.02. The maximum absolute atomic E-state index is 6.09. The summed E-state index contributed by atoms with van der Waals surface area (Å²) in [5, 5.41) is 0.824. The minimum atomic E-state index is 0.0291. The molecule has 2 N–H and O–H groups in total. The molecular weight excluding hydrogens is 283 g/mol. The largest absolute Gasteiger partial charge is 0.437 e. The molecule has 0 aliphatic heterocycles. The van der Waals surface area contributed by atoms with Crippen LogP contribution in [0.1, 0.15) is 12.5 Å². The Labute approximate surface area is 122 Å². The van der Waals surface area contributed by atoms with Crippen LogP contribution < -0.4 is 10.5 Å². The molecule has 3 nitrogen and oxygen atoms in total. The van der Waals surface area contributed by atoms with Gasteiger partial charge in [-0.2, -0.15) is 0 Å². The van der Waals surface area contributed by atoms with Gasteiger partial charge in [-0.3, -0.25) is 0 Å². The summed E-state index contributed by atoms with van der Waals surface area (Å²) < 4.78 is 5.74. The normalized spacial score (nSPS) is 12.2. The van der Waals surface area contributed by atoms with Gasteiger partial charge in [-0.1, -0.05) is 35.3 Å². The van der Waals surface area contributed by atoms with Crippen LogP contribution >= 0.6 is 23.2 Å². The average Bonchev–Trinajstić information content (AvgIpc) is 2.36. The van der Waals surface area contributed by atoms with Crippen molar-refractivity contribution in [1.29, 1.82) is 0 Å². The number of pyridine rings is 1. The van der Waals surface area contributed by atoms with Crippen LogP contribution in [-0.4, -0.2) is 11.0 Å². The summed E-state index contributed by atoms with van der Waals surface area (Å²) in [4.78, 5) is 4.22. The minimum absolute atomic E-state index is 0.0291. The third kappa shape index (κ3) is 3.60. The summed E-state index contributed by atoms with van der Waals surface area (Å²) in [5.74, 6) is 0.989. The van der Waals surface area contributed by atoms with Crippen molar-refractivity contribution in [3.8, 4) is 11.6 Å². The molecule has 2 aromatic rings. The number of benzene rings is 1. The van der Waals surface area contributed by atoms with Crippen molar-refractivity contribution in [3.63, 3.8) is 0 Å². The topological polar surface area (TPSA) is 48.1 Å². The number of ether oxygens (including phenoxy) is 1. The Balaban J connectivity index is 2.30. The second-order valence-electron chi connectivity index (χ2n) is 4.30. The van der Waals surface area contributed by atoms with E-state index in [0.29, 0.717) is 28.1 Å². The zero-order valence-electron chi connectivity index (χ0n) is 10.4. The highest BCUT2D eigenvalue weighted by Gasteiger charge is 2.11. The summed E-state index contributed by atoms with van der Waals surface area (Å²) >= 11 is 12.0. The summed E-state index contributed by atoms with van der Waals surface area (Å²) in [6, 6.07) is 9.05. The summed E-state index contributed by atoms with van der Waals surface area (Å²) in [6.07, 6.45) is 2.35. The lowest BCUT2D eigenvalue weighted by molar-refractivity contribution is 0.454. The Morgan fingerprint density at radius 1 is 1.26 bits per heavy atom. The Bertz CT molecular complexity index is 573. The van der Waals surface area contributed by atoms with E-state index in [2.05, 4.69) is 4.98 Å². The highest BCUT2D eigenvalue weighted by molar-refractivity contribution is 6.42. The second kappa shape index (κ2) is 6.24. The molecular formula is C14H14Cl2N2O. The maximum Gasteiger partial charge on any atom is 0.222 e. The number of hydrogen-bond acceptors (Lipinski definition) is 3. The van der Waals surface area contributed by atoms with Crippen LogP contribution in [-0.2, 0) is 6.42 Å². The number of aromatic nitrogens is 1. The maximum atomic E-state index is 6.09. The molecule has 1 aromatic heterocycles. The van der Waals surface area contributed by atoms with Crippen LogP contribution in [0.2, 0.25) is 10.0 Å². The number of hydrogen-bond donors (Lipinski definition) is 1. The van der Waals surface area contributed by atoms with Crippen LogP contribution in [0.25, 0.3) is 0 Å². The van der Waals surface area contributed by atoms with E-state index in [9.17, 15) is 0 Å². The van der Waals surface area contributed by atoms with Crippen LogP contribution in [0, 0.1) is 0 Å². The molecule has 0 aliphatic carbocycles. The average molecular weight is 297 g/mol. The van der Waals surface area contributed by atoms with E-state index in [4.69, 9.17) is 33.7 Å². The number of rotatable bonds is 4. The van der Waals surface area contributed by atoms with E-state index in [1.54, 1.807) is 24.4 Å². The summed E-state index contributed by atoms with van der Waals surface area (Å²) in [7, 11) is 0. The summed E-state index contributed by atoms with van der Waals surface area (Å²) in [5.41, 5.74) is 6.75. The van der Waals surface area contributed by atoms with Gasteiger partial charge in [0.1, 0.15) is 10.8 Å². The van der Waals surface area contributed by atoms with Gasteiger partial charge in [0, 0.05) is 17.8 Å². The van der Waals surface area contributed by atoms with Gasteiger partial charge in [0.05, 0.1) is 5.02 Å². The molecule has 0 aliphatic rings. The standard InChI is InChI=1S/C14H14Cl2N2O/c1-9(17)8-10-4-3-7-18-14(10)19-12-6-2-5-11(15)13(12)16/h2-7,9H,8,17H2,1H3. The van der Waals surface area contributed by atoms with E-state index < -0.39 is 0 Å². The molecule has 0 spiro atoms. The Morgan fingerprint density at radius 3 is 2.79 bits per heavy atom. The van der Waals surface area contributed by atoms with Crippen molar-refractivity contribution in [2.45, 2.75) is 19.4 Å². The highest BCUT2D eigenvalue weighted by atomic mass is 35.5. The summed E-state index contributed by atoms with van der Waals surface area (Å²) in [6.45, 7) is 1.93. The highest BCUT2D eigenvalue weighted by Crippen LogP contribution is 2.34. The molecule has 1 aromatic carbocycles. The molecule has 5 heteroatoms. The van der Waals surface area contributed by atoms with Gasteiger partial charge >= 0.3 is 0 Å². The molecule has 0 fully saturated rings. The van der Waals surface area contributed by atoms with E-state index in [1.165, 1.54) is 0 Å². The molecule has 0 bridgehead atoms. The lowest BCUT2D eigenvalue weighted by Crippen LogP contribution is -2.18. The van der Waals surface area contributed by atoms with Crippen LogP contribution in [0.3, 0.4) is 0 Å². The van der Waals surface area contributed by atoms with Gasteiger partial charge in [-0.05, 0) is 31.5 Å². The molecule has 0 radical (unpaired) electrons. The van der Waals surface area contributed by atoms with Crippen molar-refractivity contribution in [2.24, 2.45) is 5.73 Å². The van der Waals surface area contributed by atoms with Crippen LogP contribution in [0.4, 0.5) is 0 Å². The second-order valence-corrected chi connectivity index (χ2v) is 5.09. The first-order valence-electron chi connectivity index (χ1n) is 5.89. The molecule has 0 amide bonds. The van der Waals surface area contributed by atoms with E-state index in [-0.39, 0.29) is 6.04 Å². The van der Waals surface area contributed by atoms with Gasteiger partial charge in [0.2, 0.25) is 5.88 Å². The lowest BCUT2D eigenvalue weighted by atomic mass is 10.1. The molecule has 100 valence electrons. The fourth-order valence-electron chi connectivity index (χ4n) is 1.69. The molecule has 0 saturated heterocycles. The predicted octanol–water partition coefficient (Wildman–Crippen LogP) is 4.07. The Hall–Kier alpha value is -1.29. The van der Waals surface area contributed by atoms with Crippen LogP contribution in [0.5, 0.6) is 11.6 Å². The number of nitrogens with two attached hydrogens (primary N) is 1. The predicted molar refractivity (Wildman–Crippen MR) is 78.1 cm³/mol. The van der Waals surface area contributed by atoms with Crippen molar-refractivity contribution in [2.75, 3.05) is 0 Å². The Morgan fingerprint density at radius 2 is 2.05 bits per heavy atom. The lowest BCUT2D eigenvalue weighted by Gasteiger charge is -2.12. The molecule has 19 heavy (non-hydrogen) atoms. The molecule has 2 rings (SSSR count). The smallest absolute Gasteiger partial charge is 0.222 e. The molecule has 1 atom stereocenters. The number of halogens is 2. The minimum Gasteiger partial charge on any atom is -0.437 e. The van der Waals surface area contributed by atoms with E-state index in [1.807, 2.05) is 19.1 Å². The molecule has 1 unspecified atom stereocenters. The van der Waals surface area contributed by atoms with Crippen molar-refractivity contribution in [1.82, 2.24) is 4.98 Å². The Kier molecular flexibility index (Phi) is 4.64. The van der Waals surface area contributed by atoms with Gasteiger partial charge in [0.25, 0.3) is 0 Å². The van der Waals surface area contributed by atoms with Crippen molar-refractivity contribution in [3.05, 3.63) is 52.1 Å². The third-order valence-corrected chi connectivity index (χ3v) is 3.32. The van der Waals surface area contributed by atoms with E-state index >= 15 is 0 Å². The van der Waals surface area contributed by atoms with E-state index in [0.717, 1.165) is 5.56 Å². The molecule has 1 heterocycles. The SMILES string of the molecule is CC(N)Cc1cccnc1Oc1cccc(Cl)c1Cl. The first kappa shape index (κ1) is 14.1. The zero-order chi connectivity index (χ0) is 13.8. The van der Waals surface area contributed by atoms with Crippen LogP contribution in [0.15, 0.2) is 36.5 Å². The monoisotopic (exact) mass is 296 g/mol. The zero-order valence-corrected chi connectivity index (χ0v) is 11.9. The van der Waals surface area contributed by atoms with Gasteiger partial charge < -0.3 is 10.5 Å². The fraction of sp³-hybridized carbons (Fsp3) is 0.214. The van der Waals surface area contributed by atoms with Crippen molar-refractivity contribution < 1.29 is 4.74 Å². The first-order valence-corrected chi connectivity index (χ1v) is 6.65.